The van der Waals surface area contributed by atoms with Crippen LogP contribution in [0.25, 0.3) is 0 Å². The van der Waals surface area contributed by atoms with Crippen LogP contribution in [0.3, 0.4) is 0 Å². The zero-order valence-electron chi connectivity index (χ0n) is 13.1. The lowest BCUT2D eigenvalue weighted by Crippen LogP contribution is -2.23. The Balaban J connectivity index is 2.57. The number of rotatable bonds is 11. The molecule has 0 spiro atoms. The van der Waals surface area contributed by atoms with Gasteiger partial charge in [-0.3, -0.25) is 0 Å². The van der Waals surface area contributed by atoms with Crippen molar-refractivity contribution in [3.63, 3.8) is 0 Å². The van der Waals surface area contributed by atoms with E-state index in [-0.39, 0.29) is 6.61 Å². The van der Waals surface area contributed by atoms with Crippen LogP contribution in [-0.2, 0) is 11.3 Å². The Bertz CT molecular complexity index is 402. The van der Waals surface area contributed by atoms with Crippen molar-refractivity contribution in [2.45, 2.75) is 25.8 Å². The van der Waals surface area contributed by atoms with Crippen molar-refractivity contribution in [3.8, 4) is 0 Å². The molecule has 0 unspecified atom stereocenters. The number of halogens is 1. The van der Waals surface area contributed by atoms with Crippen molar-refractivity contribution >= 4 is 17.3 Å². The van der Waals surface area contributed by atoms with Crippen LogP contribution in [0.5, 0.6) is 0 Å². The molecule has 1 aromatic carbocycles. The molecule has 0 bridgehead atoms. The van der Waals surface area contributed by atoms with Crippen LogP contribution >= 0.6 is 11.6 Å². The average molecular weight is 315 g/mol. The van der Waals surface area contributed by atoms with Crippen LogP contribution in [0.2, 0.25) is 5.02 Å². The molecular formula is C16H27ClN2O2. The van der Waals surface area contributed by atoms with Gasteiger partial charge in [0.2, 0.25) is 0 Å². The van der Waals surface area contributed by atoms with Gasteiger partial charge in [-0.05, 0) is 43.0 Å². The fourth-order valence-electron chi connectivity index (χ4n) is 2.22. The van der Waals surface area contributed by atoms with Gasteiger partial charge < -0.3 is 20.1 Å². The summed E-state index contributed by atoms with van der Waals surface area (Å²) in [4.78, 5) is 2.25. The first-order chi connectivity index (χ1) is 10.2. The molecule has 0 aliphatic rings. The standard InChI is InChI=1S/C16H27ClN2O2/c1-19(9-4-3-5-10-20)16-7-6-15(17)12-14(16)13-18-8-11-21-2/h6-7,12,18,20H,3-5,8-11,13H2,1-2H3. The summed E-state index contributed by atoms with van der Waals surface area (Å²) >= 11 is 6.11. The molecule has 0 saturated carbocycles. The molecule has 0 aliphatic heterocycles. The Morgan fingerprint density at radius 1 is 1.29 bits per heavy atom. The number of anilines is 1. The average Bonchev–Trinajstić information content (AvgIpc) is 2.48. The van der Waals surface area contributed by atoms with E-state index in [4.69, 9.17) is 21.4 Å². The first-order valence-electron chi connectivity index (χ1n) is 7.49. The van der Waals surface area contributed by atoms with Crippen molar-refractivity contribution in [1.82, 2.24) is 5.32 Å². The van der Waals surface area contributed by atoms with E-state index in [2.05, 4.69) is 23.3 Å². The van der Waals surface area contributed by atoms with Crippen molar-refractivity contribution in [3.05, 3.63) is 28.8 Å². The maximum absolute atomic E-state index is 8.82. The van der Waals surface area contributed by atoms with Gasteiger partial charge >= 0.3 is 0 Å². The van der Waals surface area contributed by atoms with Gasteiger partial charge in [0, 0.05) is 51.1 Å². The maximum atomic E-state index is 8.82. The monoisotopic (exact) mass is 314 g/mol. The summed E-state index contributed by atoms with van der Waals surface area (Å²) in [5.41, 5.74) is 2.40. The highest BCUT2D eigenvalue weighted by Gasteiger charge is 2.08. The molecule has 0 heterocycles. The zero-order valence-corrected chi connectivity index (χ0v) is 13.8. The second-order valence-corrected chi connectivity index (χ2v) is 5.58. The van der Waals surface area contributed by atoms with E-state index in [1.54, 1.807) is 7.11 Å². The van der Waals surface area contributed by atoms with Crippen LogP contribution in [0, 0.1) is 0 Å². The molecule has 0 fully saturated rings. The van der Waals surface area contributed by atoms with Gasteiger partial charge in [-0.1, -0.05) is 11.6 Å². The molecule has 0 amide bonds. The minimum absolute atomic E-state index is 0.277. The fraction of sp³-hybridized carbons (Fsp3) is 0.625. The molecule has 0 aliphatic carbocycles. The molecule has 120 valence electrons. The number of methoxy groups -OCH3 is 1. The predicted octanol–water partition coefficient (Wildman–Crippen LogP) is 2.67. The predicted molar refractivity (Wildman–Crippen MR) is 89.2 cm³/mol. The molecule has 5 heteroatoms. The van der Waals surface area contributed by atoms with Crippen molar-refractivity contribution < 1.29 is 9.84 Å². The fourth-order valence-corrected chi connectivity index (χ4v) is 2.42. The summed E-state index contributed by atoms with van der Waals surface area (Å²) in [6, 6.07) is 6.02. The first-order valence-corrected chi connectivity index (χ1v) is 7.87. The molecule has 2 N–H and O–H groups in total. The second kappa shape index (κ2) is 10.9. The third kappa shape index (κ3) is 7.14. The summed E-state index contributed by atoms with van der Waals surface area (Å²) in [6.07, 6.45) is 3.01. The van der Waals surface area contributed by atoms with E-state index in [9.17, 15) is 0 Å². The highest BCUT2D eigenvalue weighted by Crippen LogP contribution is 2.24. The van der Waals surface area contributed by atoms with E-state index in [0.29, 0.717) is 6.61 Å². The lowest BCUT2D eigenvalue weighted by atomic mass is 10.1. The maximum Gasteiger partial charge on any atom is 0.0587 e. The van der Waals surface area contributed by atoms with Crippen LogP contribution in [0.15, 0.2) is 18.2 Å². The first kappa shape index (κ1) is 18.2. The molecule has 0 saturated heterocycles. The van der Waals surface area contributed by atoms with Crippen molar-refractivity contribution in [1.29, 1.82) is 0 Å². The highest BCUT2D eigenvalue weighted by atomic mass is 35.5. The van der Waals surface area contributed by atoms with Gasteiger partial charge in [-0.15, -0.1) is 0 Å². The number of unbranched alkanes of at least 4 members (excludes halogenated alkanes) is 2. The molecule has 0 aromatic heterocycles. The summed E-state index contributed by atoms with van der Waals surface area (Å²) in [5.74, 6) is 0. The van der Waals surface area contributed by atoms with Crippen molar-refractivity contribution in [2.75, 3.05) is 45.4 Å². The van der Waals surface area contributed by atoms with Crippen LogP contribution in [0.1, 0.15) is 24.8 Å². The Hall–Kier alpha value is -0.810. The van der Waals surface area contributed by atoms with Crippen LogP contribution in [-0.4, -0.2) is 45.6 Å². The van der Waals surface area contributed by atoms with Gasteiger partial charge in [0.05, 0.1) is 6.61 Å². The number of nitrogens with zero attached hydrogens (tertiary/aromatic N) is 1. The summed E-state index contributed by atoms with van der Waals surface area (Å²) in [7, 11) is 3.80. The van der Waals surface area contributed by atoms with Gasteiger partial charge in [-0.2, -0.15) is 0 Å². The van der Waals surface area contributed by atoms with E-state index >= 15 is 0 Å². The Kier molecular flexibility index (Phi) is 9.42. The lowest BCUT2D eigenvalue weighted by molar-refractivity contribution is 0.199. The SMILES string of the molecule is COCCNCc1cc(Cl)ccc1N(C)CCCCCO. The minimum Gasteiger partial charge on any atom is -0.396 e. The number of aliphatic hydroxyl groups is 1. The quantitative estimate of drug-likeness (QED) is 0.616. The highest BCUT2D eigenvalue weighted by molar-refractivity contribution is 6.30. The van der Waals surface area contributed by atoms with Crippen molar-refractivity contribution in [2.24, 2.45) is 0 Å². The van der Waals surface area contributed by atoms with Gasteiger partial charge in [0.25, 0.3) is 0 Å². The molecular weight excluding hydrogens is 288 g/mol. The molecule has 0 radical (unpaired) electrons. The number of ether oxygens (including phenoxy) is 1. The summed E-state index contributed by atoms with van der Waals surface area (Å²) in [5, 5.41) is 12.9. The number of aliphatic hydroxyl groups excluding tert-OH is 1. The van der Waals surface area contributed by atoms with E-state index in [1.165, 1.54) is 11.3 Å². The van der Waals surface area contributed by atoms with Crippen LogP contribution < -0.4 is 10.2 Å². The van der Waals surface area contributed by atoms with E-state index < -0.39 is 0 Å². The molecule has 4 nitrogen and oxygen atoms in total. The zero-order chi connectivity index (χ0) is 15.5. The molecule has 1 aromatic rings. The lowest BCUT2D eigenvalue weighted by Gasteiger charge is -2.23. The van der Waals surface area contributed by atoms with Gasteiger partial charge in [0.1, 0.15) is 0 Å². The topological polar surface area (TPSA) is 44.7 Å². The third-order valence-corrected chi connectivity index (χ3v) is 3.64. The summed E-state index contributed by atoms with van der Waals surface area (Å²) in [6.45, 7) is 3.56. The largest absolute Gasteiger partial charge is 0.396 e. The minimum atomic E-state index is 0.277. The number of hydrogen-bond donors (Lipinski definition) is 2. The van der Waals surface area contributed by atoms with Crippen LogP contribution in [0.4, 0.5) is 5.69 Å². The Morgan fingerprint density at radius 2 is 2.10 bits per heavy atom. The number of nitrogens with one attached hydrogen (secondary N) is 1. The third-order valence-electron chi connectivity index (χ3n) is 3.40. The van der Waals surface area contributed by atoms with E-state index in [0.717, 1.165) is 43.9 Å². The molecule has 21 heavy (non-hydrogen) atoms. The smallest absolute Gasteiger partial charge is 0.0587 e. The Morgan fingerprint density at radius 3 is 2.81 bits per heavy atom. The normalized spacial score (nSPS) is 10.9. The molecule has 0 atom stereocenters. The van der Waals surface area contributed by atoms with Gasteiger partial charge in [0.15, 0.2) is 0 Å². The molecule has 1 rings (SSSR count). The van der Waals surface area contributed by atoms with Gasteiger partial charge in [-0.25, -0.2) is 0 Å². The summed E-state index contributed by atoms with van der Waals surface area (Å²) < 4.78 is 5.04. The number of hydrogen-bond acceptors (Lipinski definition) is 4. The second-order valence-electron chi connectivity index (χ2n) is 5.15. The number of benzene rings is 1. The Labute approximate surface area is 133 Å². The van der Waals surface area contributed by atoms with E-state index in [1.807, 2.05) is 12.1 Å².